The molecule has 0 radical (unpaired) electrons. The SMILES string of the molecule is CCCCCC(OP(=O)(O)OP(=O)(O)OP(=O)(O)OP(=O)(O)OP(=O)(O)OP(=O)(O)O)N(CC)CC. The number of unbranched alkanes of at least 4 members (excludes halogenated alkanes) is 2. The third-order valence-corrected chi connectivity index (χ3v) is 12.4. The molecule has 6 unspecified atom stereocenters. The Balaban J connectivity index is 5.46. The van der Waals surface area contributed by atoms with Crippen molar-refractivity contribution in [1.82, 2.24) is 4.90 Å². The van der Waals surface area contributed by atoms with Gasteiger partial charge < -0.3 is 34.3 Å². The maximum absolute atomic E-state index is 12.3. The molecule has 0 aliphatic rings. The van der Waals surface area contributed by atoms with E-state index >= 15 is 0 Å². The summed E-state index contributed by atoms with van der Waals surface area (Å²) in [5.74, 6) is 0. The largest absolute Gasteiger partial charge is 0.490 e. The van der Waals surface area contributed by atoms with Crippen LogP contribution in [0.15, 0.2) is 0 Å². The summed E-state index contributed by atoms with van der Waals surface area (Å²) in [5.41, 5.74) is 0. The average molecular weight is 653 g/mol. The molecule has 0 aromatic carbocycles. The minimum absolute atomic E-state index is 0.185. The highest BCUT2D eigenvalue weighted by molar-refractivity contribution is 7.72. The maximum atomic E-state index is 12.3. The van der Waals surface area contributed by atoms with Crippen LogP contribution in [0.4, 0.5) is 0 Å². The Kier molecular flexibility index (Phi) is 14.8. The molecule has 0 amide bonds. The summed E-state index contributed by atoms with van der Waals surface area (Å²) in [7, 11) is -36.1. The third kappa shape index (κ3) is 16.7. The molecule has 0 aliphatic carbocycles. The number of nitrogens with zero attached hydrogens (tertiary/aromatic N) is 1. The second-order valence-electron chi connectivity index (χ2n) is 6.52. The van der Waals surface area contributed by atoms with E-state index in [9.17, 15) is 47.0 Å². The molecule has 20 nitrogen and oxygen atoms in total. The lowest BCUT2D eigenvalue weighted by Gasteiger charge is -2.30. The highest BCUT2D eigenvalue weighted by Gasteiger charge is 2.49. The van der Waals surface area contributed by atoms with Crippen LogP contribution in [0.1, 0.15) is 46.5 Å². The van der Waals surface area contributed by atoms with E-state index in [0.29, 0.717) is 25.9 Å². The first-order valence-corrected chi connectivity index (χ1v) is 18.7. The Morgan fingerprint density at radius 3 is 1.28 bits per heavy atom. The highest BCUT2D eigenvalue weighted by Crippen LogP contribution is 2.75. The second-order valence-corrected chi connectivity index (χ2v) is 15.7. The van der Waals surface area contributed by atoms with Gasteiger partial charge in [0.2, 0.25) is 0 Å². The zero-order chi connectivity index (χ0) is 28.6. The smallest absolute Gasteiger partial charge is 0.302 e. The summed E-state index contributed by atoms with van der Waals surface area (Å²) < 4.78 is 91.8. The first-order chi connectivity index (χ1) is 16.0. The molecule has 7 N–H and O–H groups in total. The molecule has 0 aromatic heterocycles. The van der Waals surface area contributed by atoms with Gasteiger partial charge in [0, 0.05) is 0 Å². The van der Waals surface area contributed by atoms with E-state index in [1.807, 2.05) is 6.92 Å². The van der Waals surface area contributed by atoms with Crippen LogP contribution in [0.25, 0.3) is 0 Å². The van der Waals surface area contributed by atoms with Gasteiger partial charge in [-0.1, -0.05) is 33.6 Å². The van der Waals surface area contributed by atoms with Crippen molar-refractivity contribution in [1.29, 1.82) is 0 Å². The van der Waals surface area contributed by atoms with Gasteiger partial charge in [-0.05, 0) is 25.9 Å². The van der Waals surface area contributed by atoms with E-state index in [1.54, 1.807) is 18.7 Å². The van der Waals surface area contributed by atoms with Crippen LogP contribution in [0.3, 0.4) is 0 Å². The van der Waals surface area contributed by atoms with Crippen molar-refractivity contribution in [3.05, 3.63) is 0 Å². The second kappa shape index (κ2) is 14.5. The Labute approximate surface area is 205 Å². The molecule has 0 saturated heterocycles. The van der Waals surface area contributed by atoms with Crippen LogP contribution in [-0.2, 0) is 53.5 Å². The van der Waals surface area contributed by atoms with Gasteiger partial charge in [0.1, 0.15) is 6.23 Å². The summed E-state index contributed by atoms with van der Waals surface area (Å²) in [6, 6.07) is 0. The molecule has 0 spiro atoms. The van der Waals surface area contributed by atoms with Crippen LogP contribution < -0.4 is 0 Å². The molecular weight excluding hydrogens is 624 g/mol. The third-order valence-electron chi connectivity index (χ3n) is 3.56. The first-order valence-electron chi connectivity index (χ1n) is 9.66. The number of phosphoric ester groups is 1. The van der Waals surface area contributed by atoms with Crippen molar-refractivity contribution in [3.8, 4) is 0 Å². The van der Waals surface area contributed by atoms with E-state index in [4.69, 9.17) is 19.2 Å². The van der Waals surface area contributed by atoms with Gasteiger partial charge in [-0.2, -0.15) is 21.6 Å². The molecule has 0 rings (SSSR count). The molecule has 0 aliphatic heterocycles. The summed E-state index contributed by atoms with van der Waals surface area (Å²) in [4.78, 5) is 65.5. The Morgan fingerprint density at radius 1 is 0.583 bits per heavy atom. The normalized spacial score (nSPS) is 22.1. The molecule has 218 valence electrons. The van der Waals surface area contributed by atoms with Crippen LogP contribution >= 0.6 is 46.9 Å². The fourth-order valence-electron chi connectivity index (χ4n) is 2.39. The number of hydrogen-bond donors (Lipinski definition) is 7. The van der Waals surface area contributed by atoms with Crippen LogP contribution in [0.5, 0.6) is 0 Å². The summed E-state index contributed by atoms with van der Waals surface area (Å²) in [5, 5.41) is 0. The zero-order valence-electron chi connectivity index (χ0n) is 19.0. The van der Waals surface area contributed by atoms with Crippen molar-refractivity contribution < 1.29 is 87.7 Å². The average Bonchev–Trinajstić information content (AvgIpc) is 2.55. The Hall–Kier alpha value is 0.820. The lowest BCUT2D eigenvalue weighted by Crippen LogP contribution is -2.36. The molecule has 0 heterocycles. The van der Waals surface area contributed by atoms with Crippen LogP contribution in [0.2, 0.25) is 0 Å². The number of rotatable bonds is 19. The van der Waals surface area contributed by atoms with Crippen molar-refractivity contribution >= 4 is 46.9 Å². The van der Waals surface area contributed by atoms with E-state index in [1.165, 1.54) is 0 Å². The molecule has 0 aromatic rings. The number of phosphoric acid groups is 6. The molecule has 26 heteroatoms. The van der Waals surface area contributed by atoms with Gasteiger partial charge in [0.05, 0.1) is 0 Å². The zero-order valence-corrected chi connectivity index (χ0v) is 24.3. The molecule has 0 bridgehead atoms. The van der Waals surface area contributed by atoms with Gasteiger partial charge >= 0.3 is 46.9 Å². The van der Waals surface area contributed by atoms with E-state index < -0.39 is 53.2 Å². The van der Waals surface area contributed by atoms with Crippen LogP contribution in [0, 0.1) is 0 Å². The van der Waals surface area contributed by atoms with E-state index in [-0.39, 0.29) is 6.42 Å². The highest BCUT2D eigenvalue weighted by atomic mass is 31.3. The molecule has 6 atom stereocenters. The minimum atomic E-state index is -6.30. The van der Waals surface area contributed by atoms with Crippen molar-refractivity contribution in [2.45, 2.75) is 52.7 Å². The molecule has 0 saturated carbocycles. The minimum Gasteiger partial charge on any atom is -0.302 e. The van der Waals surface area contributed by atoms with E-state index in [2.05, 4.69) is 21.6 Å². The lowest BCUT2D eigenvalue weighted by atomic mass is 10.2. The fraction of sp³-hybridized carbons (Fsp3) is 1.00. The summed E-state index contributed by atoms with van der Waals surface area (Å²) in [6.07, 6.45) is 1.12. The van der Waals surface area contributed by atoms with Gasteiger partial charge in [-0.25, -0.2) is 27.4 Å². The van der Waals surface area contributed by atoms with Gasteiger partial charge in [-0.15, -0.1) is 0 Å². The van der Waals surface area contributed by atoms with Gasteiger partial charge in [-0.3, -0.25) is 9.42 Å². The Bertz CT molecular complexity index is 991. The number of hydrogen-bond acceptors (Lipinski definition) is 13. The van der Waals surface area contributed by atoms with Crippen molar-refractivity contribution in [2.75, 3.05) is 13.1 Å². The van der Waals surface area contributed by atoms with E-state index in [0.717, 1.165) is 6.42 Å². The predicted octanol–water partition coefficient (Wildman–Crippen LogP) is 2.93. The van der Waals surface area contributed by atoms with Crippen molar-refractivity contribution in [2.24, 2.45) is 0 Å². The topological polar surface area (TPSA) is 303 Å². The predicted molar refractivity (Wildman–Crippen MR) is 119 cm³/mol. The summed E-state index contributed by atoms with van der Waals surface area (Å²) >= 11 is 0. The molecule has 36 heavy (non-hydrogen) atoms. The fourth-order valence-corrected chi connectivity index (χ4v) is 9.89. The van der Waals surface area contributed by atoms with Crippen molar-refractivity contribution in [3.63, 3.8) is 0 Å². The molecule has 0 fully saturated rings. The lowest BCUT2D eigenvalue weighted by molar-refractivity contribution is 0.00196. The monoisotopic (exact) mass is 653 g/mol. The standard InChI is InChI=1S/C10H29NO19P6/c1-4-7-8-9-10(11(5-2)6-3)25-32(15,16)27-34(19,20)29-36(23,24)30-35(21,22)28-33(17,18)26-31(12,13)14/h10H,4-9H2,1-3H3,(H,15,16)(H,17,18)(H,19,20)(H,21,22)(H,23,24)(H2,12,13,14). The summed E-state index contributed by atoms with van der Waals surface area (Å²) in [6.45, 7) is 5.92. The quantitative estimate of drug-likeness (QED) is 0.0598. The Morgan fingerprint density at radius 2 is 0.944 bits per heavy atom. The molecular formula is C10H29NO19P6. The van der Waals surface area contributed by atoms with Crippen LogP contribution in [-0.4, -0.2) is 58.5 Å². The first kappa shape index (κ1) is 36.8. The van der Waals surface area contributed by atoms with Gasteiger partial charge in [0.15, 0.2) is 0 Å². The maximum Gasteiger partial charge on any atom is 0.490 e. The van der Waals surface area contributed by atoms with Gasteiger partial charge in [0.25, 0.3) is 0 Å².